The van der Waals surface area contributed by atoms with Gasteiger partial charge in [-0.1, -0.05) is 54.6 Å². The zero-order valence-corrected chi connectivity index (χ0v) is 14.6. The molecule has 0 saturated carbocycles. The molecule has 0 radical (unpaired) electrons. The Morgan fingerprint density at radius 3 is 1.30 bits per heavy atom. The molecule has 0 amide bonds. The van der Waals surface area contributed by atoms with Crippen LogP contribution in [0.15, 0.2) is 109 Å². The topological polar surface area (TPSA) is 27.7 Å². The molecule has 0 atom stereocenters. The first-order valence-corrected chi connectivity index (χ1v) is 8.69. The van der Waals surface area contributed by atoms with Gasteiger partial charge in [0.05, 0.1) is 0 Å². The summed E-state index contributed by atoms with van der Waals surface area (Å²) >= 11 is 0. The fourth-order valence-corrected chi connectivity index (χ4v) is 2.57. The monoisotopic (exact) mass is 354 g/mol. The maximum atomic E-state index is 6.06. The van der Waals surface area contributed by atoms with Gasteiger partial charge < -0.3 is 14.2 Å². The number of rotatable bonds is 6. The Balaban J connectivity index is 1.65. The van der Waals surface area contributed by atoms with Crippen LogP contribution in [0.5, 0.6) is 34.5 Å². The van der Waals surface area contributed by atoms with E-state index in [1.807, 2.05) is 109 Å². The van der Waals surface area contributed by atoms with Crippen molar-refractivity contribution in [2.45, 2.75) is 0 Å². The van der Waals surface area contributed by atoms with Crippen molar-refractivity contribution in [3.8, 4) is 34.5 Å². The van der Waals surface area contributed by atoms with Crippen LogP contribution in [-0.2, 0) is 0 Å². The average Bonchev–Trinajstić information content (AvgIpc) is 2.72. The molecule has 0 saturated heterocycles. The van der Waals surface area contributed by atoms with Gasteiger partial charge in [-0.25, -0.2) is 0 Å². The van der Waals surface area contributed by atoms with Gasteiger partial charge >= 0.3 is 0 Å². The summed E-state index contributed by atoms with van der Waals surface area (Å²) in [5.74, 6) is 4.11. The van der Waals surface area contributed by atoms with Crippen LogP contribution in [0, 0.1) is 0 Å². The minimum Gasteiger partial charge on any atom is -0.457 e. The molecule has 0 aliphatic rings. The minimum atomic E-state index is 0.582. The molecule has 0 unspecified atom stereocenters. The van der Waals surface area contributed by atoms with Crippen LogP contribution in [0.2, 0.25) is 0 Å². The van der Waals surface area contributed by atoms with E-state index in [2.05, 4.69) is 0 Å². The molecule has 27 heavy (non-hydrogen) atoms. The van der Waals surface area contributed by atoms with Crippen molar-refractivity contribution in [3.05, 3.63) is 109 Å². The molecule has 0 N–H and O–H groups in total. The fourth-order valence-electron chi connectivity index (χ4n) is 2.57. The Kier molecular flexibility index (Phi) is 5.02. The van der Waals surface area contributed by atoms with Crippen LogP contribution in [0.3, 0.4) is 0 Å². The minimum absolute atomic E-state index is 0.582. The maximum absolute atomic E-state index is 6.06. The highest BCUT2D eigenvalue weighted by Crippen LogP contribution is 2.38. The Labute approximate surface area is 158 Å². The average molecular weight is 354 g/mol. The van der Waals surface area contributed by atoms with E-state index < -0.39 is 0 Å². The molecule has 4 aromatic rings. The molecule has 4 aromatic carbocycles. The molecule has 0 bridgehead atoms. The molecule has 3 nitrogen and oxygen atoms in total. The molecule has 0 fully saturated rings. The molecule has 132 valence electrons. The third-order valence-electron chi connectivity index (χ3n) is 3.84. The summed E-state index contributed by atoms with van der Waals surface area (Å²) in [7, 11) is 0. The molecular weight excluding hydrogens is 336 g/mol. The first-order chi connectivity index (χ1) is 13.4. The van der Waals surface area contributed by atoms with Gasteiger partial charge in [0.2, 0.25) is 0 Å². The quantitative estimate of drug-likeness (QED) is 0.371. The van der Waals surface area contributed by atoms with Crippen LogP contribution in [-0.4, -0.2) is 0 Å². The van der Waals surface area contributed by atoms with Gasteiger partial charge in [0.25, 0.3) is 0 Å². The van der Waals surface area contributed by atoms with Gasteiger partial charge in [-0.3, -0.25) is 0 Å². The highest BCUT2D eigenvalue weighted by Gasteiger charge is 2.11. The van der Waals surface area contributed by atoms with E-state index in [9.17, 15) is 0 Å². The highest BCUT2D eigenvalue weighted by atomic mass is 16.5. The summed E-state index contributed by atoms with van der Waals surface area (Å²) in [4.78, 5) is 0. The molecule has 0 aliphatic heterocycles. The van der Waals surface area contributed by atoms with Crippen molar-refractivity contribution in [1.82, 2.24) is 0 Å². The molecule has 3 heteroatoms. The Bertz CT molecular complexity index is 984. The van der Waals surface area contributed by atoms with E-state index >= 15 is 0 Å². The second-order valence-electron chi connectivity index (χ2n) is 5.85. The lowest BCUT2D eigenvalue weighted by atomic mass is 10.2. The number of para-hydroxylation sites is 3. The van der Waals surface area contributed by atoms with E-state index in [1.54, 1.807) is 0 Å². The molecule has 0 heterocycles. The van der Waals surface area contributed by atoms with E-state index in [-0.39, 0.29) is 0 Å². The standard InChI is InChI=1S/C24H18O3/c1-4-10-19(11-5-1)25-22-16-17-23(26-20-12-6-2-7-13-20)24(18-22)27-21-14-8-3-9-15-21/h1-18H. The SMILES string of the molecule is c1ccc(Oc2ccc(Oc3ccccc3)c(Oc3ccccc3)c2)cc1. The molecular formula is C24H18O3. The zero-order valence-electron chi connectivity index (χ0n) is 14.6. The van der Waals surface area contributed by atoms with Crippen molar-refractivity contribution in [1.29, 1.82) is 0 Å². The summed E-state index contributed by atoms with van der Waals surface area (Å²) in [6, 6.07) is 34.4. The molecule has 0 aliphatic carbocycles. The van der Waals surface area contributed by atoms with E-state index in [4.69, 9.17) is 14.2 Å². The van der Waals surface area contributed by atoms with Crippen molar-refractivity contribution in [2.24, 2.45) is 0 Å². The third-order valence-corrected chi connectivity index (χ3v) is 3.84. The summed E-state index contributed by atoms with van der Waals surface area (Å²) < 4.78 is 18.0. The number of hydrogen-bond donors (Lipinski definition) is 0. The van der Waals surface area contributed by atoms with Crippen LogP contribution >= 0.6 is 0 Å². The van der Waals surface area contributed by atoms with Crippen LogP contribution in [0.4, 0.5) is 0 Å². The lowest BCUT2D eigenvalue weighted by Gasteiger charge is -2.14. The number of ether oxygens (including phenoxy) is 3. The fraction of sp³-hybridized carbons (Fsp3) is 0. The van der Waals surface area contributed by atoms with Crippen LogP contribution < -0.4 is 14.2 Å². The normalized spacial score (nSPS) is 10.2. The van der Waals surface area contributed by atoms with Crippen molar-refractivity contribution in [3.63, 3.8) is 0 Å². The lowest BCUT2D eigenvalue weighted by Crippen LogP contribution is -1.92. The summed E-state index contributed by atoms with van der Waals surface area (Å²) in [6.45, 7) is 0. The second-order valence-corrected chi connectivity index (χ2v) is 5.85. The van der Waals surface area contributed by atoms with Crippen molar-refractivity contribution >= 4 is 0 Å². The Morgan fingerprint density at radius 2 is 0.778 bits per heavy atom. The first kappa shape index (κ1) is 16.7. The number of benzene rings is 4. The van der Waals surface area contributed by atoms with Gasteiger partial charge in [0.15, 0.2) is 11.5 Å². The number of hydrogen-bond acceptors (Lipinski definition) is 3. The van der Waals surface area contributed by atoms with Crippen molar-refractivity contribution < 1.29 is 14.2 Å². The highest BCUT2D eigenvalue weighted by molar-refractivity contribution is 5.50. The lowest BCUT2D eigenvalue weighted by molar-refractivity contribution is 0.412. The largest absolute Gasteiger partial charge is 0.457 e. The summed E-state index contributed by atoms with van der Waals surface area (Å²) in [5, 5.41) is 0. The van der Waals surface area contributed by atoms with Gasteiger partial charge in [-0.05, 0) is 48.5 Å². The summed E-state index contributed by atoms with van der Waals surface area (Å²) in [6.07, 6.45) is 0. The molecule has 0 aromatic heterocycles. The van der Waals surface area contributed by atoms with Crippen LogP contribution in [0.25, 0.3) is 0 Å². The van der Waals surface area contributed by atoms with Gasteiger partial charge in [0.1, 0.15) is 23.0 Å². The van der Waals surface area contributed by atoms with Gasteiger partial charge in [0, 0.05) is 6.07 Å². The first-order valence-electron chi connectivity index (χ1n) is 8.69. The summed E-state index contributed by atoms with van der Waals surface area (Å²) in [5.41, 5.74) is 0. The second kappa shape index (κ2) is 8.11. The van der Waals surface area contributed by atoms with Crippen molar-refractivity contribution in [2.75, 3.05) is 0 Å². The van der Waals surface area contributed by atoms with Gasteiger partial charge in [-0.2, -0.15) is 0 Å². The third kappa shape index (κ3) is 4.47. The Morgan fingerprint density at radius 1 is 0.333 bits per heavy atom. The van der Waals surface area contributed by atoms with E-state index in [0.29, 0.717) is 17.2 Å². The molecule has 4 rings (SSSR count). The van der Waals surface area contributed by atoms with Crippen LogP contribution in [0.1, 0.15) is 0 Å². The predicted molar refractivity (Wildman–Crippen MR) is 106 cm³/mol. The maximum Gasteiger partial charge on any atom is 0.173 e. The van der Waals surface area contributed by atoms with Gasteiger partial charge in [-0.15, -0.1) is 0 Å². The smallest absolute Gasteiger partial charge is 0.173 e. The molecule has 0 spiro atoms. The van der Waals surface area contributed by atoms with E-state index in [0.717, 1.165) is 17.2 Å². The van der Waals surface area contributed by atoms with E-state index in [1.165, 1.54) is 0 Å². The zero-order chi connectivity index (χ0) is 18.3. The predicted octanol–water partition coefficient (Wildman–Crippen LogP) is 7.06. The Hall–Kier alpha value is -3.72.